The first-order valence-corrected chi connectivity index (χ1v) is 9.92. The van der Waals surface area contributed by atoms with E-state index in [2.05, 4.69) is 50.2 Å². The Morgan fingerprint density at radius 1 is 1.22 bits per heavy atom. The molecule has 0 spiro atoms. The summed E-state index contributed by atoms with van der Waals surface area (Å²) in [7, 11) is 0. The van der Waals surface area contributed by atoms with Crippen LogP contribution in [0.1, 0.15) is 56.5 Å². The summed E-state index contributed by atoms with van der Waals surface area (Å²) >= 11 is 0. The molecule has 4 rings (SSSR count). The third-order valence-electron chi connectivity index (χ3n) is 5.36. The summed E-state index contributed by atoms with van der Waals surface area (Å²) in [6, 6.07) is 14.6. The number of carbonyl (C=O) groups excluding carboxylic acids is 1. The normalized spacial score (nSPS) is 17.0. The van der Waals surface area contributed by atoms with Crippen LogP contribution in [-0.4, -0.2) is 22.3 Å². The van der Waals surface area contributed by atoms with Crippen LogP contribution < -0.4 is 0 Å². The number of nitrogens with zero attached hydrogens (tertiary/aromatic N) is 2. The standard InChI is InChI=1S/C23H26N2O2/c1-3-4-10-22(26)25-13-6-9-20(25)23-24-19-15-18(11-12-21(19)27-23)17-8-5-7-16(2)14-17/h5,7-8,11-12,14-15,20H,3-4,6,9-10,13H2,1-2H3/t20-/m0/s1. The van der Waals surface area contributed by atoms with Crippen molar-refractivity contribution < 1.29 is 9.21 Å². The monoisotopic (exact) mass is 362 g/mol. The van der Waals surface area contributed by atoms with Gasteiger partial charge < -0.3 is 9.32 Å². The first kappa shape index (κ1) is 17.8. The van der Waals surface area contributed by atoms with Crippen molar-refractivity contribution in [3.8, 4) is 11.1 Å². The maximum atomic E-state index is 12.5. The first-order valence-electron chi connectivity index (χ1n) is 9.92. The number of likely N-dealkylation sites (tertiary alicyclic amines) is 1. The molecule has 1 saturated heterocycles. The van der Waals surface area contributed by atoms with Gasteiger partial charge >= 0.3 is 0 Å². The van der Waals surface area contributed by atoms with Crippen molar-refractivity contribution >= 4 is 17.0 Å². The number of aryl methyl sites for hydroxylation is 1. The highest BCUT2D eigenvalue weighted by Gasteiger charge is 2.33. The second kappa shape index (κ2) is 7.55. The molecule has 0 saturated carbocycles. The highest BCUT2D eigenvalue weighted by atomic mass is 16.3. The lowest BCUT2D eigenvalue weighted by molar-refractivity contribution is -0.132. The van der Waals surface area contributed by atoms with Crippen molar-refractivity contribution in [2.24, 2.45) is 0 Å². The Kier molecular flexibility index (Phi) is 4.97. The molecule has 27 heavy (non-hydrogen) atoms. The maximum Gasteiger partial charge on any atom is 0.223 e. The number of unbranched alkanes of at least 4 members (excludes halogenated alkanes) is 1. The van der Waals surface area contributed by atoms with Crippen LogP contribution in [-0.2, 0) is 4.79 Å². The van der Waals surface area contributed by atoms with E-state index < -0.39 is 0 Å². The molecule has 2 aromatic carbocycles. The van der Waals surface area contributed by atoms with Crippen LogP contribution in [0.15, 0.2) is 46.9 Å². The number of aromatic nitrogens is 1. The lowest BCUT2D eigenvalue weighted by Crippen LogP contribution is -2.30. The zero-order valence-corrected chi connectivity index (χ0v) is 16.1. The van der Waals surface area contributed by atoms with Crippen LogP contribution >= 0.6 is 0 Å². The molecule has 3 aromatic rings. The molecule has 0 N–H and O–H groups in total. The van der Waals surface area contributed by atoms with Crippen molar-refractivity contribution in [3.05, 3.63) is 53.9 Å². The van der Waals surface area contributed by atoms with Crippen LogP contribution in [0.4, 0.5) is 0 Å². The predicted molar refractivity (Wildman–Crippen MR) is 107 cm³/mol. The van der Waals surface area contributed by atoms with E-state index >= 15 is 0 Å². The van der Waals surface area contributed by atoms with E-state index in [1.165, 1.54) is 11.1 Å². The summed E-state index contributed by atoms with van der Waals surface area (Å²) in [5.74, 6) is 0.899. The second-order valence-corrected chi connectivity index (χ2v) is 7.45. The van der Waals surface area contributed by atoms with Gasteiger partial charge in [-0.15, -0.1) is 0 Å². The van der Waals surface area contributed by atoms with Gasteiger partial charge in [-0.25, -0.2) is 4.98 Å². The van der Waals surface area contributed by atoms with Gasteiger partial charge in [0.1, 0.15) is 11.6 Å². The Hall–Kier alpha value is -2.62. The number of carbonyl (C=O) groups is 1. The third-order valence-corrected chi connectivity index (χ3v) is 5.36. The molecule has 1 amide bonds. The van der Waals surface area contributed by atoms with E-state index in [-0.39, 0.29) is 11.9 Å². The molecule has 0 aliphatic carbocycles. The van der Waals surface area contributed by atoms with Gasteiger partial charge in [0, 0.05) is 13.0 Å². The smallest absolute Gasteiger partial charge is 0.223 e. The zero-order chi connectivity index (χ0) is 18.8. The average Bonchev–Trinajstić information content (AvgIpc) is 3.31. The Labute approximate surface area is 160 Å². The number of fused-ring (bicyclic) bond motifs is 1. The number of benzene rings is 2. The van der Waals surface area contributed by atoms with Crippen LogP contribution in [0.25, 0.3) is 22.2 Å². The molecule has 0 bridgehead atoms. The van der Waals surface area contributed by atoms with Crippen LogP contribution in [0.5, 0.6) is 0 Å². The average molecular weight is 362 g/mol. The van der Waals surface area contributed by atoms with Crippen molar-refractivity contribution in [1.29, 1.82) is 0 Å². The van der Waals surface area contributed by atoms with Crippen molar-refractivity contribution in [3.63, 3.8) is 0 Å². The fourth-order valence-corrected chi connectivity index (χ4v) is 3.89. The molecular weight excluding hydrogens is 336 g/mol. The fourth-order valence-electron chi connectivity index (χ4n) is 3.89. The van der Waals surface area contributed by atoms with Gasteiger partial charge in [-0.05, 0) is 49.4 Å². The van der Waals surface area contributed by atoms with E-state index in [0.29, 0.717) is 12.3 Å². The Morgan fingerprint density at radius 2 is 2.07 bits per heavy atom. The van der Waals surface area contributed by atoms with Crippen molar-refractivity contribution in [2.75, 3.05) is 6.54 Å². The highest BCUT2D eigenvalue weighted by molar-refractivity contribution is 5.81. The number of hydrogen-bond acceptors (Lipinski definition) is 3. The lowest BCUT2D eigenvalue weighted by Gasteiger charge is -2.22. The fraction of sp³-hybridized carbons (Fsp3) is 0.391. The minimum absolute atomic E-state index is 0.0239. The van der Waals surface area contributed by atoms with Crippen LogP contribution in [0.2, 0.25) is 0 Å². The van der Waals surface area contributed by atoms with Gasteiger partial charge in [-0.2, -0.15) is 0 Å². The van der Waals surface area contributed by atoms with Gasteiger partial charge in [0.05, 0.1) is 0 Å². The van der Waals surface area contributed by atoms with Crippen molar-refractivity contribution in [1.82, 2.24) is 9.88 Å². The molecule has 0 radical (unpaired) electrons. The minimum atomic E-state index is -0.0239. The Balaban J connectivity index is 1.62. The Morgan fingerprint density at radius 3 is 2.89 bits per heavy atom. The number of hydrogen-bond donors (Lipinski definition) is 0. The topological polar surface area (TPSA) is 46.3 Å². The molecule has 0 unspecified atom stereocenters. The van der Waals surface area contributed by atoms with Gasteiger partial charge in [-0.1, -0.05) is 49.2 Å². The summed E-state index contributed by atoms with van der Waals surface area (Å²) in [6.45, 7) is 5.02. The number of rotatable bonds is 5. The van der Waals surface area contributed by atoms with Crippen LogP contribution in [0.3, 0.4) is 0 Å². The molecule has 1 aliphatic rings. The second-order valence-electron chi connectivity index (χ2n) is 7.45. The summed E-state index contributed by atoms with van der Waals surface area (Å²) in [5.41, 5.74) is 5.19. The van der Waals surface area contributed by atoms with E-state index in [9.17, 15) is 4.79 Å². The molecular formula is C23H26N2O2. The van der Waals surface area contributed by atoms with Gasteiger partial charge in [0.15, 0.2) is 5.58 Å². The largest absolute Gasteiger partial charge is 0.438 e. The summed E-state index contributed by atoms with van der Waals surface area (Å²) in [6.07, 6.45) is 4.53. The molecule has 140 valence electrons. The van der Waals surface area contributed by atoms with E-state index in [0.717, 1.165) is 48.9 Å². The SMILES string of the molecule is CCCCC(=O)N1CCC[C@H]1c1nc2cc(-c3cccc(C)c3)ccc2o1. The first-order chi connectivity index (χ1) is 13.2. The van der Waals surface area contributed by atoms with Gasteiger partial charge in [0.2, 0.25) is 11.8 Å². The number of oxazole rings is 1. The van der Waals surface area contributed by atoms with E-state index in [4.69, 9.17) is 9.40 Å². The van der Waals surface area contributed by atoms with Crippen LogP contribution in [0, 0.1) is 6.92 Å². The summed E-state index contributed by atoms with van der Waals surface area (Å²) < 4.78 is 6.05. The highest BCUT2D eigenvalue weighted by Crippen LogP contribution is 2.35. The predicted octanol–water partition coefficient (Wildman–Crippen LogP) is 5.66. The quantitative estimate of drug-likeness (QED) is 0.588. The van der Waals surface area contributed by atoms with E-state index in [1.807, 2.05) is 11.0 Å². The molecule has 2 heterocycles. The molecule has 1 aromatic heterocycles. The molecule has 4 nitrogen and oxygen atoms in total. The maximum absolute atomic E-state index is 12.5. The summed E-state index contributed by atoms with van der Waals surface area (Å²) in [5, 5.41) is 0. The lowest BCUT2D eigenvalue weighted by atomic mass is 10.0. The molecule has 4 heteroatoms. The van der Waals surface area contributed by atoms with Gasteiger partial charge in [0.25, 0.3) is 0 Å². The third kappa shape index (κ3) is 3.61. The summed E-state index contributed by atoms with van der Waals surface area (Å²) in [4.78, 5) is 19.2. The van der Waals surface area contributed by atoms with Gasteiger partial charge in [-0.3, -0.25) is 4.79 Å². The van der Waals surface area contributed by atoms with E-state index in [1.54, 1.807) is 0 Å². The Bertz CT molecular complexity index is 960. The number of amides is 1. The molecule has 1 aliphatic heterocycles. The van der Waals surface area contributed by atoms with Crippen molar-refractivity contribution in [2.45, 2.75) is 52.0 Å². The molecule has 1 fully saturated rings. The molecule has 1 atom stereocenters. The zero-order valence-electron chi connectivity index (χ0n) is 16.1. The minimum Gasteiger partial charge on any atom is -0.438 e.